The molecule has 1 N–H and O–H groups in total. The number of hydrogen-bond acceptors (Lipinski definition) is 3. The second-order valence-corrected chi connectivity index (χ2v) is 7.29. The first-order chi connectivity index (χ1) is 14.5. The molecule has 0 aliphatic carbocycles. The smallest absolute Gasteiger partial charge is 0.274 e. The molecule has 1 amide bonds. The molecule has 30 heavy (non-hydrogen) atoms. The highest BCUT2D eigenvalue weighted by Crippen LogP contribution is 2.26. The van der Waals surface area contributed by atoms with E-state index < -0.39 is 0 Å². The average molecular weight is 418 g/mol. The molecule has 0 radical (unpaired) electrons. The number of hydrogen-bond donors (Lipinski definition) is 1. The zero-order chi connectivity index (χ0) is 21.1. The number of rotatable bonds is 5. The first kappa shape index (κ1) is 19.7. The Balaban J connectivity index is 1.76. The minimum Gasteiger partial charge on any atom is -0.497 e. The van der Waals surface area contributed by atoms with Gasteiger partial charge < -0.3 is 10.1 Å². The van der Waals surface area contributed by atoms with Crippen LogP contribution >= 0.6 is 11.6 Å². The topological polar surface area (TPSA) is 56.1 Å². The zero-order valence-corrected chi connectivity index (χ0v) is 17.4. The fraction of sp³-hybridized carbons (Fsp3) is 0.0833. The van der Waals surface area contributed by atoms with E-state index in [-0.39, 0.29) is 5.91 Å². The van der Waals surface area contributed by atoms with Crippen LogP contribution in [0.3, 0.4) is 0 Å². The van der Waals surface area contributed by atoms with Crippen molar-refractivity contribution in [3.05, 3.63) is 95.1 Å². The van der Waals surface area contributed by atoms with Crippen molar-refractivity contribution in [3.8, 4) is 22.7 Å². The maximum Gasteiger partial charge on any atom is 0.274 e. The number of carbonyl (C=O) groups is 1. The lowest BCUT2D eigenvalue weighted by Gasteiger charge is -2.09. The van der Waals surface area contributed by atoms with Gasteiger partial charge in [0, 0.05) is 16.3 Å². The van der Waals surface area contributed by atoms with E-state index in [1.165, 1.54) is 0 Å². The summed E-state index contributed by atoms with van der Waals surface area (Å²) in [6.07, 6.45) is 0. The molecular formula is C24H20ClN3O2. The molecule has 0 atom stereocenters. The van der Waals surface area contributed by atoms with E-state index in [2.05, 4.69) is 10.4 Å². The van der Waals surface area contributed by atoms with Crippen LogP contribution in [0.15, 0.2) is 78.9 Å². The first-order valence-electron chi connectivity index (χ1n) is 9.42. The van der Waals surface area contributed by atoms with Crippen molar-refractivity contribution < 1.29 is 9.53 Å². The Kier molecular flexibility index (Phi) is 5.55. The standard InChI is InChI=1S/C24H20ClN3O2/c1-16-6-10-19(11-7-16)26-24(29)23-15-22(17-4-3-5-21(14-17)30-2)27-28(23)20-12-8-18(25)9-13-20/h3-15H,1-2H3,(H,26,29). The molecule has 5 nitrogen and oxygen atoms in total. The lowest BCUT2D eigenvalue weighted by atomic mass is 10.1. The number of carbonyl (C=O) groups excluding carboxylic acids is 1. The van der Waals surface area contributed by atoms with Gasteiger partial charge >= 0.3 is 0 Å². The van der Waals surface area contributed by atoms with E-state index in [1.807, 2.05) is 67.6 Å². The third kappa shape index (κ3) is 4.21. The summed E-state index contributed by atoms with van der Waals surface area (Å²) in [6, 6.07) is 24.2. The van der Waals surface area contributed by atoms with Crippen molar-refractivity contribution >= 4 is 23.2 Å². The maximum absolute atomic E-state index is 13.1. The summed E-state index contributed by atoms with van der Waals surface area (Å²) in [6.45, 7) is 2.00. The van der Waals surface area contributed by atoms with E-state index in [0.717, 1.165) is 28.3 Å². The number of ether oxygens (including phenoxy) is 1. The van der Waals surface area contributed by atoms with Crippen molar-refractivity contribution in [2.24, 2.45) is 0 Å². The SMILES string of the molecule is COc1cccc(-c2cc(C(=O)Nc3ccc(C)cc3)n(-c3ccc(Cl)cc3)n2)c1. The van der Waals surface area contributed by atoms with E-state index in [4.69, 9.17) is 16.3 Å². The summed E-state index contributed by atoms with van der Waals surface area (Å²) in [5.41, 5.74) is 4.51. The van der Waals surface area contributed by atoms with Crippen LogP contribution in [0.2, 0.25) is 5.02 Å². The van der Waals surface area contributed by atoms with Gasteiger partial charge in [0.1, 0.15) is 11.4 Å². The second-order valence-electron chi connectivity index (χ2n) is 6.86. The normalized spacial score (nSPS) is 10.6. The first-order valence-corrected chi connectivity index (χ1v) is 9.80. The molecule has 150 valence electrons. The quantitative estimate of drug-likeness (QED) is 0.449. The van der Waals surface area contributed by atoms with E-state index in [1.54, 1.807) is 30.0 Å². The van der Waals surface area contributed by atoms with Crippen LogP contribution in [0.1, 0.15) is 16.1 Å². The molecule has 6 heteroatoms. The summed E-state index contributed by atoms with van der Waals surface area (Å²) in [5, 5.41) is 8.25. The molecule has 1 aromatic heterocycles. The molecule has 0 fully saturated rings. The summed E-state index contributed by atoms with van der Waals surface area (Å²) in [7, 11) is 1.62. The van der Waals surface area contributed by atoms with Crippen molar-refractivity contribution in [2.45, 2.75) is 6.92 Å². The van der Waals surface area contributed by atoms with Gasteiger partial charge in [0.25, 0.3) is 5.91 Å². The molecule has 0 spiro atoms. The molecule has 4 rings (SSSR count). The predicted octanol–water partition coefficient (Wildman–Crippen LogP) is 5.76. The molecule has 0 aliphatic rings. The summed E-state index contributed by atoms with van der Waals surface area (Å²) >= 11 is 6.03. The molecule has 0 bridgehead atoms. The Bertz CT molecular complexity index is 1180. The highest BCUT2D eigenvalue weighted by molar-refractivity contribution is 6.30. The molecule has 4 aromatic rings. The predicted molar refractivity (Wildman–Crippen MR) is 120 cm³/mol. The Labute approximate surface area is 179 Å². The van der Waals surface area contributed by atoms with Crippen molar-refractivity contribution in [2.75, 3.05) is 12.4 Å². The van der Waals surface area contributed by atoms with Crippen LogP contribution in [0.25, 0.3) is 16.9 Å². The van der Waals surface area contributed by atoms with Gasteiger partial charge in [0.2, 0.25) is 0 Å². The number of methoxy groups -OCH3 is 1. The lowest BCUT2D eigenvalue weighted by Crippen LogP contribution is -2.16. The third-order valence-electron chi connectivity index (χ3n) is 4.69. The second kappa shape index (κ2) is 8.43. The van der Waals surface area contributed by atoms with Gasteiger partial charge in [0.05, 0.1) is 18.5 Å². The van der Waals surface area contributed by atoms with Crippen LogP contribution in [0.5, 0.6) is 5.75 Å². The van der Waals surface area contributed by atoms with Crippen LogP contribution < -0.4 is 10.1 Å². The molecule has 1 heterocycles. The van der Waals surface area contributed by atoms with Gasteiger partial charge in [-0.05, 0) is 61.5 Å². The minimum absolute atomic E-state index is 0.254. The van der Waals surface area contributed by atoms with E-state index in [9.17, 15) is 4.79 Å². The van der Waals surface area contributed by atoms with Crippen molar-refractivity contribution in [1.82, 2.24) is 9.78 Å². The molecule has 0 unspecified atom stereocenters. The van der Waals surface area contributed by atoms with Crippen LogP contribution in [0, 0.1) is 6.92 Å². The van der Waals surface area contributed by atoms with E-state index >= 15 is 0 Å². The molecule has 0 saturated carbocycles. The maximum atomic E-state index is 13.1. The number of aryl methyl sites for hydroxylation is 1. The Hall–Kier alpha value is -3.57. The number of halogens is 1. The Morgan fingerprint density at radius 2 is 1.73 bits per heavy atom. The summed E-state index contributed by atoms with van der Waals surface area (Å²) in [4.78, 5) is 13.1. The van der Waals surface area contributed by atoms with Crippen LogP contribution in [-0.4, -0.2) is 22.8 Å². The molecule has 0 saturated heterocycles. The van der Waals surface area contributed by atoms with Gasteiger partial charge in [-0.2, -0.15) is 5.10 Å². The molecular weight excluding hydrogens is 398 g/mol. The van der Waals surface area contributed by atoms with E-state index in [0.29, 0.717) is 16.4 Å². The van der Waals surface area contributed by atoms with Gasteiger partial charge in [-0.25, -0.2) is 4.68 Å². The Morgan fingerprint density at radius 3 is 2.43 bits per heavy atom. The third-order valence-corrected chi connectivity index (χ3v) is 4.94. The van der Waals surface area contributed by atoms with Crippen LogP contribution in [-0.2, 0) is 0 Å². The van der Waals surface area contributed by atoms with Crippen molar-refractivity contribution in [1.29, 1.82) is 0 Å². The monoisotopic (exact) mass is 417 g/mol. The minimum atomic E-state index is -0.254. The summed E-state index contributed by atoms with van der Waals surface area (Å²) < 4.78 is 6.94. The largest absolute Gasteiger partial charge is 0.497 e. The fourth-order valence-corrected chi connectivity index (χ4v) is 3.20. The average Bonchev–Trinajstić information content (AvgIpc) is 3.21. The number of aromatic nitrogens is 2. The zero-order valence-electron chi connectivity index (χ0n) is 16.6. The van der Waals surface area contributed by atoms with Gasteiger partial charge in [-0.1, -0.05) is 41.4 Å². The lowest BCUT2D eigenvalue weighted by molar-refractivity contribution is 0.101. The number of nitrogens with one attached hydrogen (secondary N) is 1. The van der Waals surface area contributed by atoms with Gasteiger partial charge in [0.15, 0.2) is 0 Å². The number of benzene rings is 3. The Morgan fingerprint density at radius 1 is 1.00 bits per heavy atom. The van der Waals surface area contributed by atoms with Crippen LogP contribution in [0.4, 0.5) is 5.69 Å². The van der Waals surface area contributed by atoms with Crippen molar-refractivity contribution in [3.63, 3.8) is 0 Å². The highest BCUT2D eigenvalue weighted by atomic mass is 35.5. The number of anilines is 1. The summed E-state index contributed by atoms with van der Waals surface area (Å²) in [5.74, 6) is 0.467. The van der Waals surface area contributed by atoms with Gasteiger partial charge in [-0.3, -0.25) is 4.79 Å². The molecule has 0 aliphatic heterocycles. The van der Waals surface area contributed by atoms with Gasteiger partial charge in [-0.15, -0.1) is 0 Å². The molecule has 3 aromatic carbocycles. The highest BCUT2D eigenvalue weighted by Gasteiger charge is 2.18. The number of amides is 1. The fourth-order valence-electron chi connectivity index (χ4n) is 3.08. The number of nitrogens with zero attached hydrogens (tertiary/aromatic N) is 2.